The Morgan fingerprint density at radius 2 is 2.04 bits per heavy atom. The molecule has 0 aliphatic heterocycles. The lowest BCUT2D eigenvalue weighted by atomic mass is 10.1. The van der Waals surface area contributed by atoms with Gasteiger partial charge in [-0.05, 0) is 50.8 Å². The summed E-state index contributed by atoms with van der Waals surface area (Å²) in [7, 11) is 0. The van der Waals surface area contributed by atoms with E-state index in [9.17, 15) is 18.8 Å². The van der Waals surface area contributed by atoms with Crippen molar-refractivity contribution in [2.24, 2.45) is 22.2 Å². The Labute approximate surface area is 149 Å². The monoisotopic (exact) mass is 367 g/mol. The lowest BCUT2D eigenvalue weighted by molar-refractivity contribution is -0.139. The molecule has 2 saturated carbocycles. The summed E-state index contributed by atoms with van der Waals surface area (Å²) < 4.78 is 35.1. The average Bonchev–Trinajstić information content (AvgIpc) is 3.14. The number of hydrogen-bond donors (Lipinski definition) is 1. The number of carboxylic acids is 1. The van der Waals surface area contributed by atoms with Crippen LogP contribution in [0.15, 0.2) is 28.7 Å². The molecular weight excluding hydrogens is 345 g/mol. The molecule has 1 unspecified atom stereocenters. The molecule has 0 radical (unpaired) electrons. The number of carboxylic acid groups (broad SMARTS) is 1. The van der Waals surface area contributed by atoms with E-state index in [1.807, 2.05) is 20.8 Å². The second-order valence-electron chi connectivity index (χ2n) is 7.59. The van der Waals surface area contributed by atoms with E-state index in [-0.39, 0.29) is 30.4 Å². The summed E-state index contributed by atoms with van der Waals surface area (Å²) in [6.07, 6.45) is 0.241. The molecule has 1 aromatic rings. The summed E-state index contributed by atoms with van der Waals surface area (Å²) >= 11 is -1.46. The van der Waals surface area contributed by atoms with Crippen molar-refractivity contribution >= 4 is 23.0 Å². The molecule has 2 aliphatic carbocycles. The summed E-state index contributed by atoms with van der Waals surface area (Å²) in [6, 6.07) is 6.04. The molecule has 0 heterocycles. The first kappa shape index (κ1) is 18.4. The lowest BCUT2D eigenvalue weighted by Crippen LogP contribution is -2.31. The fourth-order valence-electron chi connectivity index (χ4n) is 3.27. The molecule has 2 fully saturated rings. The van der Waals surface area contributed by atoms with Gasteiger partial charge in [0, 0.05) is 5.92 Å². The van der Waals surface area contributed by atoms with Gasteiger partial charge in [0.1, 0.15) is 33.7 Å². The van der Waals surface area contributed by atoms with Gasteiger partial charge >= 0.3 is 5.97 Å². The van der Waals surface area contributed by atoms with Crippen LogP contribution in [0, 0.1) is 23.6 Å². The summed E-state index contributed by atoms with van der Waals surface area (Å²) in [5.74, 6) is -1.76. The Hall–Kier alpha value is -1.44. The Morgan fingerprint density at radius 1 is 1.40 bits per heavy atom. The molecule has 0 bridgehead atoms. The number of carbonyl (C=O) groups is 1. The normalized spacial score (nSPS) is 31.0. The highest BCUT2D eigenvalue weighted by Gasteiger charge is 2.65. The Bertz CT molecular complexity index is 685. The van der Waals surface area contributed by atoms with Crippen molar-refractivity contribution in [2.75, 3.05) is 0 Å². The number of fused-ring (bicyclic) bond motifs is 1. The number of ether oxygens (including phenoxy) is 1. The van der Waals surface area contributed by atoms with E-state index in [1.165, 1.54) is 12.1 Å². The number of halogens is 1. The van der Waals surface area contributed by atoms with Crippen molar-refractivity contribution in [1.82, 2.24) is 0 Å². The first-order valence-electron chi connectivity index (χ1n) is 8.28. The van der Waals surface area contributed by atoms with Crippen LogP contribution in [-0.2, 0) is 27.5 Å². The van der Waals surface area contributed by atoms with Crippen molar-refractivity contribution in [3.8, 4) is 0 Å². The van der Waals surface area contributed by atoms with Crippen LogP contribution in [0.5, 0.6) is 0 Å². The second-order valence-corrected chi connectivity index (χ2v) is 9.50. The first-order valence-corrected chi connectivity index (χ1v) is 9.38. The number of nitrogens with zero attached hydrogens (tertiary/aromatic N) is 1. The maximum atomic E-state index is 13.0. The van der Waals surface area contributed by atoms with Crippen LogP contribution in [0.25, 0.3) is 0 Å². The average molecular weight is 367 g/mol. The van der Waals surface area contributed by atoms with E-state index < -0.39 is 28.0 Å². The Kier molecular flexibility index (Phi) is 4.92. The minimum Gasteiger partial charge on any atom is -0.591 e. The standard InChI is InChI=1S/C18H22FNO4S/c1-18(2,3)25(23)20-16-13(8-12-14(16)15(12)17(21)22)24-9-10-4-6-11(19)7-5-10/h4-7,12-15H,8-9H2,1-3H3,(H,21,22)/t12-,13-,14+,15+,25?/m1/s1. The number of hydrogen-bond acceptors (Lipinski definition) is 4. The number of rotatable bonds is 5. The van der Waals surface area contributed by atoms with E-state index in [2.05, 4.69) is 4.40 Å². The molecule has 1 N–H and O–H groups in total. The number of aliphatic carboxylic acids is 1. The molecular formula is C18H22FNO4S. The van der Waals surface area contributed by atoms with E-state index >= 15 is 0 Å². The fourth-order valence-corrected chi connectivity index (χ4v) is 3.98. The fraction of sp³-hybridized carbons (Fsp3) is 0.556. The quantitative estimate of drug-likeness (QED) is 0.811. The van der Waals surface area contributed by atoms with Gasteiger partial charge in [-0.25, -0.2) is 4.39 Å². The molecule has 5 atom stereocenters. The van der Waals surface area contributed by atoms with Crippen molar-refractivity contribution in [2.45, 2.75) is 44.6 Å². The second kappa shape index (κ2) is 6.70. The lowest BCUT2D eigenvalue weighted by Gasteiger charge is -2.21. The topological polar surface area (TPSA) is 82.0 Å². The van der Waals surface area contributed by atoms with E-state index in [0.717, 1.165) is 5.56 Å². The van der Waals surface area contributed by atoms with Crippen LogP contribution in [0.4, 0.5) is 4.39 Å². The van der Waals surface area contributed by atoms with Gasteiger partial charge in [0.15, 0.2) is 0 Å². The smallest absolute Gasteiger partial charge is 0.307 e. The molecule has 0 saturated heterocycles. The van der Waals surface area contributed by atoms with Gasteiger partial charge in [-0.15, -0.1) is 0 Å². The van der Waals surface area contributed by atoms with Crippen molar-refractivity contribution in [3.05, 3.63) is 35.6 Å². The van der Waals surface area contributed by atoms with Crippen LogP contribution in [0.3, 0.4) is 0 Å². The van der Waals surface area contributed by atoms with Crippen LogP contribution in [0.1, 0.15) is 32.8 Å². The molecule has 0 spiro atoms. The molecule has 0 aromatic heterocycles. The zero-order chi connectivity index (χ0) is 18.4. The first-order chi connectivity index (χ1) is 11.7. The zero-order valence-electron chi connectivity index (χ0n) is 14.4. The van der Waals surface area contributed by atoms with Crippen molar-refractivity contribution < 1.29 is 23.6 Å². The summed E-state index contributed by atoms with van der Waals surface area (Å²) in [5.41, 5.74) is 1.43. The maximum Gasteiger partial charge on any atom is 0.307 e. The molecule has 2 aliphatic rings. The van der Waals surface area contributed by atoms with Crippen LogP contribution in [-0.4, -0.2) is 32.2 Å². The van der Waals surface area contributed by atoms with Crippen molar-refractivity contribution in [3.63, 3.8) is 0 Å². The van der Waals surface area contributed by atoms with Gasteiger partial charge in [-0.3, -0.25) is 4.79 Å². The third-order valence-corrected chi connectivity index (χ3v) is 6.11. The molecule has 3 rings (SSSR count). The summed E-state index contributed by atoms with van der Waals surface area (Å²) in [5, 5.41) is 9.28. The third kappa shape index (κ3) is 3.88. The van der Waals surface area contributed by atoms with E-state index in [4.69, 9.17) is 4.74 Å². The molecule has 1 aromatic carbocycles. The molecule has 5 nitrogen and oxygen atoms in total. The molecule has 0 amide bonds. The highest BCUT2D eigenvalue weighted by atomic mass is 32.2. The zero-order valence-corrected chi connectivity index (χ0v) is 15.3. The van der Waals surface area contributed by atoms with Gasteiger partial charge in [0.25, 0.3) is 0 Å². The minimum atomic E-state index is -1.46. The van der Waals surface area contributed by atoms with E-state index in [0.29, 0.717) is 12.1 Å². The molecule has 136 valence electrons. The molecule has 7 heteroatoms. The highest BCUT2D eigenvalue weighted by molar-refractivity contribution is 7.91. The Balaban J connectivity index is 1.73. The predicted octanol–water partition coefficient (Wildman–Crippen LogP) is 2.96. The van der Waals surface area contributed by atoms with Gasteiger partial charge in [0.2, 0.25) is 0 Å². The van der Waals surface area contributed by atoms with Gasteiger partial charge in [0.05, 0.1) is 12.5 Å². The Morgan fingerprint density at radius 3 is 2.60 bits per heavy atom. The summed E-state index contributed by atoms with van der Waals surface area (Å²) in [4.78, 5) is 11.3. The van der Waals surface area contributed by atoms with Crippen LogP contribution >= 0.6 is 0 Å². The van der Waals surface area contributed by atoms with Crippen LogP contribution in [0.2, 0.25) is 0 Å². The third-order valence-electron chi connectivity index (χ3n) is 4.69. The largest absolute Gasteiger partial charge is 0.591 e. The van der Waals surface area contributed by atoms with Gasteiger partial charge in [-0.2, -0.15) is 0 Å². The van der Waals surface area contributed by atoms with E-state index in [1.54, 1.807) is 12.1 Å². The van der Waals surface area contributed by atoms with Crippen molar-refractivity contribution in [1.29, 1.82) is 0 Å². The number of benzene rings is 1. The minimum absolute atomic E-state index is 0.00596. The predicted molar refractivity (Wildman–Crippen MR) is 93.0 cm³/mol. The maximum absolute atomic E-state index is 13.0. The SMILES string of the molecule is CC(C)(C)[S+]([O-])N=C1[C@H]2[C@@H](C[C@H]1OCc1ccc(F)cc1)[C@@H]2C(=O)O. The van der Waals surface area contributed by atoms with Gasteiger partial charge < -0.3 is 14.4 Å². The van der Waals surface area contributed by atoms with Crippen LogP contribution < -0.4 is 0 Å². The van der Waals surface area contributed by atoms with Gasteiger partial charge in [-0.1, -0.05) is 16.5 Å². The highest BCUT2D eigenvalue weighted by Crippen LogP contribution is 2.57. The molecule has 25 heavy (non-hydrogen) atoms. The summed E-state index contributed by atoms with van der Waals surface area (Å²) in [6.45, 7) is 5.77.